The quantitative estimate of drug-likeness (QED) is 0.527. The van der Waals surface area contributed by atoms with E-state index < -0.39 is 0 Å². The van der Waals surface area contributed by atoms with E-state index in [0.29, 0.717) is 23.4 Å². The largest absolute Gasteiger partial charge is 0.484 e. The maximum atomic E-state index is 12.9. The monoisotopic (exact) mass is 457 g/mol. The minimum absolute atomic E-state index is 0.119. The van der Waals surface area contributed by atoms with Crippen LogP contribution in [0.2, 0.25) is 0 Å². The molecular formula is C27H27N3O4. The highest BCUT2D eigenvalue weighted by Crippen LogP contribution is 2.24. The van der Waals surface area contributed by atoms with Crippen molar-refractivity contribution in [1.82, 2.24) is 5.32 Å². The van der Waals surface area contributed by atoms with E-state index in [0.717, 1.165) is 24.2 Å². The number of carbonyl (C=O) groups is 3. The predicted molar refractivity (Wildman–Crippen MR) is 131 cm³/mol. The van der Waals surface area contributed by atoms with Crippen molar-refractivity contribution in [2.24, 2.45) is 0 Å². The lowest BCUT2D eigenvalue weighted by Crippen LogP contribution is -2.28. The Hall–Kier alpha value is -4.13. The molecule has 174 valence electrons. The molecule has 1 atom stereocenters. The minimum Gasteiger partial charge on any atom is -0.484 e. The maximum Gasteiger partial charge on any atom is 0.262 e. The molecular weight excluding hydrogens is 430 g/mol. The van der Waals surface area contributed by atoms with Crippen LogP contribution >= 0.6 is 0 Å². The normalized spacial score (nSPS) is 13.9. The number of amides is 3. The van der Waals surface area contributed by atoms with Crippen LogP contribution in [0.5, 0.6) is 5.75 Å². The van der Waals surface area contributed by atoms with E-state index in [-0.39, 0.29) is 30.4 Å². The number of hydrogen-bond acceptors (Lipinski definition) is 4. The molecule has 0 aliphatic carbocycles. The van der Waals surface area contributed by atoms with Crippen molar-refractivity contribution in [3.05, 3.63) is 90.0 Å². The zero-order valence-corrected chi connectivity index (χ0v) is 19.0. The van der Waals surface area contributed by atoms with Crippen molar-refractivity contribution < 1.29 is 19.1 Å². The smallest absolute Gasteiger partial charge is 0.262 e. The molecule has 3 aromatic carbocycles. The Bertz CT molecular complexity index is 1160. The summed E-state index contributed by atoms with van der Waals surface area (Å²) in [6.07, 6.45) is 1.44. The summed E-state index contributed by atoms with van der Waals surface area (Å²) in [5.41, 5.74) is 2.60. The minimum atomic E-state index is -0.379. The number of nitrogens with one attached hydrogen (secondary N) is 2. The lowest BCUT2D eigenvalue weighted by atomic mass is 10.1. The molecule has 34 heavy (non-hydrogen) atoms. The second kappa shape index (κ2) is 10.7. The highest BCUT2D eigenvalue weighted by Gasteiger charge is 2.21. The third kappa shape index (κ3) is 5.61. The number of anilines is 2. The highest BCUT2D eigenvalue weighted by atomic mass is 16.5. The van der Waals surface area contributed by atoms with Gasteiger partial charge in [-0.15, -0.1) is 0 Å². The number of nitrogens with zero attached hydrogens (tertiary/aromatic N) is 1. The van der Waals surface area contributed by atoms with Crippen molar-refractivity contribution in [1.29, 1.82) is 0 Å². The summed E-state index contributed by atoms with van der Waals surface area (Å²) in [4.78, 5) is 39.0. The molecule has 3 aromatic rings. The van der Waals surface area contributed by atoms with Crippen molar-refractivity contribution in [2.45, 2.75) is 25.8 Å². The molecule has 7 nitrogen and oxygen atoms in total. The fourth-order valence-corrected chi connectivity index (χ4v) is 3.87. The van der Waals surface area contributed by atoms with E-state index in [1.807, 2.05) is 49.4 Å². The second-order valence-corrected chi connectivity index (χ2v) is 8.13. The van der Waals surface area contributed by atoms with Gasteiger partial charge in [0.05, 0.1) is 17.3 Å². The summed E-state index contributed by atoms with van der Waals surface area (Å²) in [7, 11) is 0. The van der Waals surface area contributed by atoms with Gasteiger partial charge >= 0.3 is 0 Å². The van der Waals surface area contributed by atoms with Crippen LogP contribution in [-0.2, 0) is 9.59 Å². The van der Waals surface area contributed by atoms with Gasteiger partial charge in [0.25, 0.3) is 11.8 Å². The second-order valence-electron chi connectivity index (χ2n) is 8.13. The fraction of sp³-hybridized carbons (Fsp3) is 0.222. The van der Waals surface area contributed by atoms with E-state index >= 15 is 0 Å². The number of rotatable bonds is 8. The van der Waals surface area contributed by atoms with Crippen LogP contribution in [0.1, 0.15) is 41.7 Å². The van der Waals surface area contributed by atoms with Crippen molar-refractivity contribution in [3.63, 3.8) is 0 Å². The van der Waals surface area contributed by atoms with Gasteiger partial charge in [-0.1, -0.05) is 42.5 Å². The predicted octanol–water partition coefficient (Wildman–Crippen LogP) is 4.32. The van der Waals surface area contributed by atoms with Gasteiger partial charge in [-0.05, 0) is 55.3 Å². The van der Waals surface area contributed by atoms with Gasteiger partial charge in [0.15, 0.2) is 6.61 Å². The number of benzene rings is 3. The van der Waals surface area contributed by atoms with Gasteiger partial charge in [0.1, 0.15) is 5.75 Å². The fourth-order valence-electron chi connectivity index (χ4n) is 3.87. The first-order valence-corrected chi connectivity index (χ1v) is 11.3. The van der Waals surface area contributed by atoms with Gasteiger partial charge in [-0.25, -0.2) is 0 Å². The Kier molecular flexibility index (Phi) is 7.22. The molecule has 0 aromatic heterocycles. The molecule has 4 rings (SSSR count). The van der Waals surface area contributed by atoms with Gasteiger partial charge < -0.3 is 20.3 Å². The van der Waals surface area contributed by atoms with Crippen LogP contribution in [0.25, 0.3) is 0 Å². The molecule has 3 amide bonds. The van der Waals surface area contributed by atoms with E-state index in [4.69, 9.17) is 4.74 Å². The van der Waals surface area contributed by atoms with E-state index in [1.165, 1.54) is 0 Å². The molecule has 0 saturated carbocycles. The summed E-state index contributed by atoms with van der Waals surface area (Å²) < 4.78 is 5.59. The first-order valence-electron chi connectivity index (χ1n) is 11.3. The van der Waals surface area contributed by atoms with Gasteiger partial charge in [-0.3, -0.25) is 14.4 Å². The van der Waals surface area contributed by atoms with Gasteiger partial charge in [0.2, 0.25) is 5.91 Å². The molecule has 7 heteroatoms. The molecule has 1 saturated heterocycles. The van der Waals surface area contributed by atoms with Crippen LogP contribution in [0.3, 0.4) is 0 Å². The molecule has 1 aliphatic rings. The zero-order valence-electron chi connectivity index (χ0n) is 19.0. The summed E-state index contributed by atoms with van der Waals surface area (Å²) >= 11 is 0. The Morgan fingerprint density at radius 2 is 1.68 bits per heavy atom. The Morgan fingerprint density at radius 3 is 2.38 bits per heavy atom. The standard InChI is InChI=1S/C27H27N3O4/c1-19(20-8-3-2-4-9-20)28-27(33)23-10-5-6-11-24(23)29-25(31)18-34-22-15-13-21(14-16-22)30-17-7-12-26(30)32/h2-6,8-11,13-16,19H,7,12,17-18H2,1H3,(H,28,33)(H,29,31)/t19-/m0/s1. The van der Waals surface area contributed by atoms with Gasteiger partial charge in [-0.2, -0.15) is 0 Å². The number of ether oxygens (including phenoxy) is 1. The average molecular weight is 458 g/mol. The third-order valence-electron chi connectivity index (χ3n) is 5.68. The maximum absolute atomic E-state index is 12.9. The van der Waals surface area contributed by atoms with Crippen LogP contribution in [0.15, 0.2) is 78.9 Å². The lowest BCUT2D eigenvalue weighted by Gasteiger charge is -2.17. The zero-order chi connectivity index (χ0) is 23.9. The van der Waals surface area contributed by atoms with Crippen molar-refractivity contribution >= 4 is 29.1 Å². The number of carbonyl (C=O) groups excluding carboxylic acids is 3. The third-order valence-corrected chi connectivity index (χ3v) is 5.68. The molecule has 0 radical (unpaired) electrons. The Morgan fingerprint density at radius 1 is 0.971 bits per heavy atom. The van der Waals surface area contributed by atoms with Crippen molar-refractivity contribution in [2.75, 3.05) is 23.4 Å². The Labute approximate surface area is 198 Å². The van der Waals surface area contributed by atoms with Crippen LogP contribution in [0.4, 0.5) is 11.4 Å². The summed E-state index contributed by atoms with van der Waals surface area (Å²) in [6, 6.07) is 23.4. The molecule has 0 unspecified atom stereocenters. The topological polar surface area (TPSA) is 87.7 Å². The highest BCUT2D eigenvalue weighted by molar-refractivity contribution is 6.04. The first kappa shape index (κ1) is 23.0. The molecule has 1 fully saturated rings. The molecule has 0 bridgehead atoms. The van der Waals surface area contributed by atoms with Crippen LogP contribution in [0, 0.1) is 0 Å². The molecule has 1 aliphatic heterocycles. The van der Waals surface area contributed by atoms with E-state index in [2.05, 4.69) is 10.6 Å². The Balaban J connectivity index is 1.33. The van der Waals surface area contributed by atoms with E-state index in [1.54, 1.807) is 41.3 Å². The SMILES string of the molecule is C[C@H](NC(=O)c1ccccc1NC(=O)COc1ccc(N2CCCC2=O)cc1)c1ccccc1. The number of para-hydroxylation sites is 1. The molecule has 2 N–H and O–H groups in total. The van der Waals surface area contributed by atoms with Crippen LogP contribution < -0.4 is 20.3 Å². The number of hydrogen-bond donors (Lipinski definition) is 2. The lowest BCUT2D eigenvalue weighted by molar-refractivity contribution is -0.118. The van der Waals surface area contributed by atoms with Gasteiger partial charge in [0, 0.05) is 18.7 Å². The first-order chi connectivity index (χ1) is 16.5. The average Bonchev–Trinajstić information content (AvgIpc) is 3.29. The van der Waals surface area contributed by atoms with Crippen LogP contribution in [-0.4, -0.2) is 30.9 Å². The molecule has 1 heterocycles. The summed E-state index contributed by atoms with van der Waals surface area (Å²) in [5, 5.41) is 5.72. The summed E-state index contributed by atoms with van der Waals surface area (Å²) in [5.74, 6) is -0.0162. The summed E-state index contributed by atoms with van der Waals surface area (Å²) in [6.45, 7) is 2.42. The molecule has 0 spiro atoms. The van der Waals surface area contributed by atoms with Crippen molar-refractivity contribution in [3.8, 4) is 5.75 Å². The van der Waals surface area contributed by atoms with E-state index in [9.17, 15) is 14.4 Å².